The fourth-order valence-corrected chi connectivity index (χ4v) is 2.88. The summed E-state index contributed by atoms with van der Waals surface area (Å²) in [5, 5.41) is 0. The Labute approximate surface area is 159 Å². The van der Waals surface area contributed by atoms with Crippen molar-refractivity contribution in [1.82, 2.24) is 4.90 Å². The summed E-state index contributed by atoms with van der Waals surface area (Å²) in [7, 11) is 2.92. The number of hydrogen-bond acceptors (Lipinski definition) is 5. The summed E-state index contributed by atoms with van der Waals surface area (Å²) < 4.78 is 15.5. The smallest absolute Gasteiger partial charge is 0.340 e. The molecule has 1 aromatic rings. The lowest BCUT2D eigenvalue weighted by molar-refractivity contribution is -0.136. The first kappa shape index (κ1) is 20.5. The van der Waals surface area contributed by atoms with Crippen LogP contribution in [0, 0.1) is 0 Å². The van der Waals surface area contributed by atoms with Crippen LogP contribution in [0.5, 0.6) is 5.75 Å². The van der Waals surface area contributed by atoms with E-state index in [2.05, 4.69) is 6.58 Å². The summed E-state index contributed by atoms with van der Waals surface area (Å²) in [6, 6.07) is 7.30. The minimum atomic E-state index is -0.527. The maximum absolute atomic E-state index is 12.9. The van der Waals surface area contributed by atoms with Crippen LogP contribution in [0.2, 0.25) is 0 Å². The standard InChI is InChI=1S/C21H25NO5/c1-5-11-27-17-9-6-8-16(13-17)14-18-19(21(24)26-4)15(2)22(20(18)23)10-7-12-25-3/h5-6,8-9,13-14H,1,7,10-12H2,2-4H3/b18-14-. The zero-order valence-electron chi connectivity index (χ0n) is 16.0. The summed E-state index contributed by atoms with van der Waals surface area (Å²) in [5.41, 5.74) is 1.95. The van der Waals surface area contributed by atoms with Crippen LogP contribution < -0.4 is 4.74 Å². The number of methoxy groups -OCH3 is 2. The molecule has 0 bridgehead atoms. The summed E-state index contributed by atoms with van der Waals surface area (Å²) in [5.74, 6) is -0.0891. The largest absolute Gasteiger partial charge is 0.490 e. The van der Waals surface area contributed by atoms with Crippen LogP contribution in [-0.2, 0) is 19.1 Å². The Bertz CT molecular complexity index is 779. The van der Waals surface area contributed by atoms with Crippen LogP contribution in [0.15, 0.2) is 53.8 Å². The van der Waals surface area contributed by atoms with Gasteiger partial charge in [0.1, 0.15) is 12.4 Å². The lowest BCUT2D eigenvalue weighted by Crippen LogP contribution is -2.26. The summed E-state index contributed by atoms with van der Waals surface area (Å²) in [6.07, 6.45) is 4.02. The molecule has 0 atom stereocenters. The molecule has 1 aliphatic rings. The molecule has 144 valence electrons. The van der Waals surface area contributed by atoms with E-state index in [1.54, 1.807) is 31.1 Å². The third-order valence-corrected chi connectivity index (χ3v) is 4.17. The number of hydrogen-bond donors (Lipinski definition) is 0. The molecule has 0 saturated heterocycles. The molecule has 0 spiro atoms. The number of amides is 1. The maximum atomic E-state index is 12.9. The number of esters is 1. The van der Waals surface area contributed by atoms with Gasteiger partial charge < -0.3 is 19.1 Å². The Morgan fingerprint density at radius 3 is 2.74 bits per heavy atom. The minimum absolute atomic E-state index is 0.221. The van der Waals surface area contributed by atoms with Gasteiger partial charge in [-0.3, -0.25) is 4.79 Å². The van der Waals surface area contributed by atoms with E-state index in [1.807, 2.05) is 24.3 Å². The number of benzene rings is 1. The third kappa shape index (κ3) is 4.86. The van der Waals surface area contributed by atoms with Gasteiger partial charge in [-0.25, -0.2) is 4.79 Å². The molecule has 0 saturated carbocycles. The zero-order chi connectivity index (χ0) is 19.8. The molecule has 27 heavy (non-hydrogen) atoms. The number of carbonyl (C=O) groups excluding carboxylic acids is 2. The van der Waals surface area contributed by atoms with Crippen molar-refractivity contribution < 1.29 is 23.8 Å². The van der Waals surface area contributed by atoms with Crippen molar-refractivity contribution in [2.75, 3.05) is 34.0 Å². The molecule has 0 aromatic heterocycles. The van der Waals surface area contributed by atoms with Gasteiger partial charge in [0, 0.05) is 26.0 Å². The molecule has 2 rings (SSSR count). The molecule has 0 fully saturated rings. The summed E-state index contributed by atoms with van der Waals surface area (Å²) in [4.78, 5) is 26.8. The van der Waals surface area contributed by atoms with Gasteiger partial charge in [-0.05, 0) is 37.1 Å². The fraction of sp³-hybridized carbons (Fsp3) is 0.333. The average molecular weight is 371 g/mol. The van der Waals surface area contributed by atoms with Crippen molar-refractivity contribution in [2.45, 2.75) is 13.3 Å². The van der Waals surface area contributed by atoms with Crippen molar-refractivity contribution in [3.63, 3.8) is 0 Å². The van der Waals surface area contributed by atoms with Crippen molar-refractivity contribution >= 4 is 18.0 Å². The van der Waals surface area contributed by atoms with Crippen LogP contribution in [-0.4, -0.2) is 50.8 Å². The van der Waals surface area contributed by atoms with Gasteiger partial charge in [0.15, 0.2) is 0 Å². The molecule has 6 heteroatoms. The van der Waals surface area contributed by atoms with Gasteiger partial charge in [0.25, 0.3) is 5.91 Å². The van der Waals surface area contributed by atoms with Crippen molar-refractivity contribution in [3.05, 3.63) is 59.3 Å². The van der Waals surface area contributed by atoms with E-state index in [0.717, 1.165) is 5.56 Å². The molecule has 6 nitrogen and oxygen atoms in total. The van der Waals surface area contributed by atoms with Gasteiger partial charge in [0.05, 0.1) is 18.3 Å². The van der Waals surface area contributed by atoms with Gasteiger partial charge >= 0.3 is 5.97 Å². The summed E-state index contributed by atoms with van der Waals surface area (Å²) in [6.45, 7) is 6.77. The highest BCUT2D eigenvalue weighted by Crippen LogP contribution is 2.32. The third-order valence-electron chi connectivity index (χ3n) is 4.17. The predicted octanol–water partition coefficient (Wildman–Crippen LogP) is 2.96. The van der Waals surface area contributed by atoms with Crippen LogP contribution in [0.1, 0.15) is 18.9 Å². The number of allylic oxidation sites excluding steroid dienone is 1. The van der Waals surface area contributed by atoms with E-state index in [-0.39, 0.29) is 11.5 Å². The molecule has 1 amide bonds. The van der Waals surface area contributed by atoms with Crippen LogP contribution in [0.3, 0.4) is 0 Å². The highest BCUT2D eigenvalue weighted by Gasteiger charge is 2.36. The number of rotatable bonds is 9. The Balaban J connectivity index is 2.37. The van der Waals surface area contributed by atoms with Crippen LogP contribution in [0.25, 0.3) is 6.08 Å². The Kier molecular flexibility index (Phi) is 7.37. The van der Waals surface area contributed by atoms with Crippen LogP contribution >= 0.6 is 0 Å². The molecular formula is C21H25NO5. The second kappa shape index (κ2) is 9.73. The average Bonchev–Trinajstić information content (AvgIpc) is 2.90. The highest BCUT2D eigenvalue weighted by molar-refractivity contribution is 6.16. The molecule has 0 aliphatic carbocycles. The van der Waals surface area contributed by atoms with E-state index in [4.69, 9.17) is 14.2 Å². The molecular weight excluding hydrogens is 346 g/mol. The predicted molar refractivity (Wildman–Crippen MR) is 103 cm³/mol. The lowest BCUT2D eigenvalue weighted by atomic mass is 10.0. The van der Waals surface area contributed by atoms with E-state index >= 15 is 0 Å². The molecule has 0 unspecified atom stereocenters. The Morgan fingerprint density at radius 1 is 1.30 bits per heavy atom. The second-order valence-electron chi connectivity index (χ2n) is 5.99. The number of nitrogens with zero attached hydrogens (tertiary/aromatic N) is 1. The fourth-order valence-electron chi connectivity index (χ4n) is 2.88. The maximum Gasteiger partial charge on any atom is 0.340 e. The first-order valence-corrected chi connectivity index (χ1v) is 8.69. The van der Waals surface area contributed by atoms with E-state index in [1.165, 1.54) is 7.11 Å². The zero-order valence-corrected chi connectivity index (χ0v) is 16.0. The van der Waals surface area contributed by atoms with Crippen molar-refractivity contribution in [1.29, 1.82) is 0 Å². The topological polar surface area (TPSA) is 65.1 Å². The van der Waals surface area contributed by atoms with Crippen molar-refractivity contribution in [3.8, 4) is 5.75 Å². The summed E-state index contributed by atoms with van der Waals surface area (Å²) >= 11 is 0. The first-order valence-electron chi connectivity index (χ1n) is 8.69. The van der Waals surface area contributed by atoms with E-state index < -0.39 is 5.97 Å². The lowest BCUT2D eigenvalue weighted by Gasteiger charge is -2.17. The number of ether oxygens (including phenoxy) is 3. The quantitative estimate of drug-likeness (QED) is 0.289. The number of carbonyl (C=O) groups is 2. The van der Waals surface area contributed by atoms with Gasteiger partial charge in [-0.15, -0.1) is 0 Å². The molecule has 1 heterocycles. The highest BCUT2D eigenvalue weighted by atomic mass is 16.5. The normalized spacial score (nSPS) is 15.4. The molecule has 1 aliphatic heterocycles. The minimum Gasteiger partial charge on any atom is -0.490 e. The van der Waals surface area contributed by atoms with E-state index in [0.29, 0.717) is 43.2 Å². The molecule has 0 radical (unpaired) electrons. The van der Waals surface area contributed by atoms with Gasteiger partial charge in [-0.2, -0.15) is 0 Å². The van der Waals surface area contributed by atoms with Crippen molar-refractivity contribution in [2.24, 2.45) is 0 Å². The SMILES string of the molecule is C=CCOc1cccc(/C=C2\C(=O)N(CCCOC)C(C)=C2C(=O)OC)c1. The first-order chi connectivity index (χ1) is 13.0. The molecule has 1 aromatic carbocycles. The van der Waals surface area contributed by atoms with Gasteiger partial charge in [-0.1, -0.05) is 24.8 Å². The Morgan fingerprint density at radius 2 is 2.07 bits per heavy atom. The Hall–Kier alpha value is -2.86. The molecule has 0 N–H and O–H groups in total. The second-order valence-corrected chi connectivity index (χ2v) is 5.99. The van der Waals surface area contributed by atoms with E-state index in [9.17, 15) is 9.59 Å². The van der Waals surface area contributed by atoms with Crippen LogP contribution in [0.4, 0.5) is 0 Å². The van der Waals surface area contributed by atoms with Gasteiger partial charge in [0.2, 0.25) is 0 Å². The monoisotopic (exact) mass is 371 g/mol.